The van der Waals surface area contributed by atoms with Crippen LogP contribution in [0.25, 0.3) is 27.9 Å². The smallest absolute Gasteiger partial charge is 0.236 e. The molecule has 0 saturated carbocycles. The number of nitrogens with one attached hydrogen (secondary N) is 1. The Bertz CT molecular complexity index is 1390. The van der Waals surface area contributed by atoms with E-state index in [2.05, 4.69) is 66.0 Å². The Labute approximate surface area is 206 Å². The van der Waals surface area contributed by atoms with Crippen LogP contribution in [0.15, 0.2) is 24.7 Å². The van der Waals surface area contributed by atoms with Crippen LogP contribution in [-0.2, 0) is 11.2 Å². The maximum Gasteiger partial charge on any atom is 0.236 e. The van der Waals surface area contributed by atoms with Gasteiger partial charge in [-0.1, -0.05) is 13.8 Å². The Morgan fingerprint density at radius 2 is 1.97 bits per heavy atom. The highest BCUT2D eigenvalue weighted by Crippen LogP contribution is 2.37. The first-order valence-electron chi connectivity index (χ1n) is 12.5. The minimum Gasteiger partial charge on any atom is -0.353 e. The lowest BCUT2D eigenvalue weighted by Crippen LogP contribution is -2.50. The molecule has 184 valence electrons. The van der Waals surface area contributed by atoms with Crippen LogP contribution in [0.3, 0.4) is 0 Å². The van der Waals surface area contributed by atoms with Crippen LogP contribution in [-0.4, -0.2) is 74.0 Å². The first kappa shape index (κ1) is 23.5. The standard InChI is InChI=1S/C27H35N7O/c1-16(2)24-25(21-13-34-27(28-15-29-34)18(4)17(21)3)31-22-10-9-20(30-26(22)24)8-7-19-11-33(12-19)14-23(35)32(5)6/h9-10,13,15-16,19,31H,7-8,11-12,14H2,1-6H3. The Balaban J connectivity index is 1.38. The number of H-pyrrole nitrogens is 1. The molecule has 0 radical (unpaired) electrons. The molecule has 1 aliphatic rings. The summed E-state index contributed by atoms with van der Waals surface area (Å²) in [5.41, 5.74) is 10.0. The predicted molar refractivity (Wildman–Crippen MR) is 139 cm³/mol. The van der Waals surface area contributed by atoms with E-state index in [0.717, 1.165) is 65.1 Å². The summed E-state index contributed by atoms with van der Waals surface area (Å²) in [6, 6.07) is 4.32. The van der Waals surface area contributed by atoms with E-state index >= 15 is 0 Å². The highest BCUT2D eigenvalue weighted by Gasteiger charge is 2.28. The summed E-state index contributed by atoms with van der Waals surface area (Å²) in [5.74, 6) is 1.13. The second-order valence-corrected chi connectivity index (χ2v) is 10.5. The third-order valence-electron chi connectivity index (χ3n) is 7.41. The lowest BCUT2D eigenvalue weighted by Gasteiger charge is -2.39. The fourth-order valence-corrected chi connectivity index (χ4v) is 5.17. The van der Waals surface area contributed by atoms with Crippen molar-refractivity contribution in [1.29, 1.82) is 0 Å². The summed E-state index contributed by atoms with van der Waals surface area (Å²) in [7, 11) is 3.63. The van der Waals surface area contributed by atoms with Gasteiger partial charge in [-0.25, -0.2) is 9.50 Å². The lowest BCUT2D eigenvalue weighted by atomic mass is 9.93. The molecule has 8 heteroatoms. The Morgan fingerprint density at radius 3 is 2.69 bits per heavy atom. The highest BCUT2D eigenvalue weighted by atomic mass is 16.2. The zero-order valence-electron chi connectivity index (χ0n) is 21.6. The van der Waals surface area contributed by atoms with Gasteiger partial charge in [-0.3, -0.25) is 14.7 Å². The van der Waals surface area contributed by atoms with Crippen molar-refractivity contribution >= 4 is 22.6 Å². The van der Waals surface area contributed by atoms with Crippen LogP contribution in [0.2, 0.25) is 0 Å². The summed E-state index contributed by atoms with van der Waals surface area (Å²) in [4.78, 5) is 29.0. The topological polar surface area (TPSA) is 82.4 Å². The van der Waals surface area contributed by atoms with Gasteiger partial charge in [0, 0.05) is 50.2 Å². The van der Waals surface area contributed by atoms with Gasteiger partial charge in [0.2, 0.25) is 5.91 Å². The average molecular weight is 474 g/mol. The number of fused-ring (bicyclic) bond motifs is 2. The maximum atomic E-state index is 11.9. The summed E-state index contributed by atoms with van der Waals surface area (Å²) in [5, 5.41) is 4.38. The van der Waals surface area contributed by atoms with Gasteiger partial charge in [-0.2, -0.15) is 5.10 Å². The summed E-state index contributed by atoms with van der Waals surface area (Å²) in [6.07, 6.45) is 5.73. The number of carbonyl (C=O) groups excluding carboxylic acids is 1. The third kappa shape index (κ3) is 4.31. The molecule has 1 N–H and O–H groups in total. The maximum absolute atomic E-state index is 11.9. The zero-order chi connectivity index (χ0) is 24.9. The second kappa shape index (κ2) is 9.07. The molecule has 0 atom stereocenters. The van der Waals surface area contributed by atoms with Gasteiger partial charge in [0.25, 0.3) is 0 Å². The molecule has 35 heavy (non-hydrogen) atoms. The predicted octanol–water partition coefficient (Wildman–Crippen LogP) is 3.97. The Hall–Kier alpha value is -3.26. The average Bonchev–Trinajstić information content (AvgIpc) is 3.41. The number of aromatic nitrogens is 5. The normalized spacial score (nSPS) is 14.8. The largest absolute Gasteiger partial charge is 0.353 e. The number of pyridine rings is 2. The molecular formula is C27H35N7O. The fourth-order valence-electron chi connectivity index (χ4n) is 5.17. The van der Waals surface area contributed by atoms with Gasteiger partial charge >= 0.3 is 0 Å². The number of hydrogen-bond acceptors (Lipinski definition) is 5. The minimum absolute atomic E-state index is 0.174. The van der Waals surface area contributed by atoms with Gasteiger partial charge in [0.1, 0.15) is 6.33 Å². The number of amides is 1. The Kier molecular flexibility index (Phi) is 6.09. The van der Waals surface area contributed by atoms with E-state index in [1.807, 2.05) is 18.6 Å². The minimum atomic E-state index is 0.174. The van der Waals surface area contributed by atoms with Crippen molar-refractivity contribution in [2.24, 2.45) is 5.92 Å². The molecular weight excluding hydrogens is 438 g/mol. The molecule has 0 aliphatic carbocycles. The molecule has 4 aromatic rings. The second-order valence-electron chi connectivity index (χ2n) is 10.5. The van der Waals surface area contributed by atoms with E-state index in [9.17, 15) is 4.79 Å². The number of likely N-dealkylation sites (N-methyl/N-ethyl adjacent to an activating group) is 1. The van der Waals surface area contributed by atoms with Crippen LogP contribution in [0.5, 0.6) is 0 Å². The molecule has 1 amide bonds. The van der Waals surface area contributed by atoms with Crippen molar-refractivity contribution < 1.29 is 4.79 Å². The Morgan fingerprint density at radius 1 is 1.20 bits per heavy atom. The number of nitrogens with zero attached hydrogens (tertiary/aromatic N) is 6. The molecule has 1 aliphatic heterocycles. The van der Waals surface area contributed by atoms with E-state index in [1.165, 1.54) is 11.1 Å². The first-order chi connectivity index (χ1) is 16.7. The number of hydrogen-bond donors (Lipinski definition) is 1. The quantitative estimate of drug-likeness (QED) is 0.439. The van der Waals surface area contributed by atoms with Crippen LogP contribution < -0.4 is 0 Å². The van der Waals surface area contributed by atoms with Crippen LogP contribution in [0.1, 0.15) is 48.6 Å². The van der Waals surface area contributed by atoms with Gasteiger partial charge < -0.3 is 9.88 Å². The lowest BCUT2D eigenvalue weighted by molar-refractivity contribution is -0.131. The fraction of sp³-hybridized carbons (Fsp3) is 0.481. The molecule has 1 saturated heterocycles. The number of aryl methyl sites for hydroxylation is 2. The van der Waals surface area contributed by atoms with Crippen LogP contribution in [0.4, 0.5) is 0 Å². The summed E-state index contributed by atoms with van der Waals surface area (Å²) >= 11 is 0. The van der Waals surface area contributed by atoms with E-state index in [-0.39, 0.29) is 5.91 Å². The molecule has 0 unspecified atom stereocenters. The third-order valence-corrected chi connectivity index (χ3v) is 7.41. The molecule has 1 fully saturated rings. The van der Waals surface area contributed by atoms with E-state index < -0.39 is 0 Å². The van der Waals surface area contributed by atoms with Crippen molar-refractivity contribution in [2.75, 3.05) is 33.7 Å². The number of aromatic amines is 1. The number of rotatable bonds is 7. The summed E-state index contributed by atoms with van der Waals surface area (Å²) < 4.78 is 1.86. The van der Waals surface area contributed by atoms with Gasteiger partial charge in [0.05, 0.1) is 23.3 Å². The van der Waals surface area contributed by atoms with Crippen LogP contribution in [0, 0.1) is 19.8 Å². The zero-order valence-corrected chi connectivity index (χ0v) is 21.6. The number of carbonyl (C=O) groups is 1. The van der Waals surface area contributed by atoms with E-state index in [0.29, 0.717) is 18.4 Å². The number of likely N-dealkylation sites (tertiary alicyclic amines) is 1. The van der Waals surface area contributed by atoms with Crippen LogP contribution >= 0.6 is 0 Å². The molecule has 8 nitrogen and oxygen atoms in total. The van der Waals surface area contributed by atoms with Crippen molar-refractivity contribution in [3.63, 3.8) is 0 Å². The van der Waals surface area contributed by atoms with Gasteiger partial charge in [-0.15, -0.1) is 0 Å². The van der Waals surface area contributed by atoms with Crippen molar-refractivity contribution in [3.8, 4) is 11.3 Å². The van der Waals surface area contributed by atoms with E-state index in [4.69, 9.17) is 4.98 Å². The SMILES string of the molecule is Cc1c(-c2[nH]c3ccc(CCC4CN(CC(=O)N(C)C)C4)nc3c2C(C)C)cn2ncnc2c1C. The van der Waals surface area contributed by atoms with Crippen molar-refractivity contribution in [3.05, 3.63) is 47.0 Å². The molecule has 0 spiro atoms. The first-order valence-corrected chi connectivity index (χ1v) is 12.5. The summed E-state index contributed by atoms with van der Waals surface area (Å²) in [6.45, 7) is 11.2. The highest BCUT2D eigenvalue weighted by molar-refractivity contribution is 5.89. The van der Waals surface area contributed by atoms with E-state index in [1.54, 1.807) is 11.2 Å². The van der Waals surface area contributed by atoms with Crippen molar-refractivity contribution in [1.82, 2.24) is 34.4 Å². The molecule has 0 aromatic carbocycles. The van der Waals surface area contributed by atoms with Crippen molar-refractivity contribution in [2.45, 2.75) is 46.5 Å². The van der Waals surface area contributed by atoms with Gasteiger partial charge in [-0.05, 0) is 61.8 Å². The van der Waals surface area contributed by atoms with Gasteiger partial charge in [0.15, 0.2) is 5.65 Å². The monoisotopic (exact) mass is 473 g/mol. The molecule has 5 heterocycles. The molecule has 5 rings (SSSR count). The molecule has 0 bridgehead atoms. The molecule has 4 aromatic heterocycles.